The molecule has 2 nitrogen and oxygen atoms in total. The zero-order valence-corrected chi connectivity index (χ0v) is 10.2. The van der Waals surface area contributed by atoms with Crippen molar-refractivity contribution in [2.24, 2.45) is 11.8 Å². The lowest BCUT2D eigenvalue weighted by molar-refractivity contribution is 0.246. The lowest BCUT2D eigenvalue weighted by Gasteiger charge is -2.26. The van der Waals surface area contributed by atoms with Gasteiger partial charge in [-0.3, -0.25) is 0 Å². The van der Waals surface area contributed by atoms with Crippen LogP contribution < -0.4 is 5.32 Å². The molecule has 1 unspecified atom stereocenters. The van der Waals surface area contributed by atoms with Gasteiger partial charge in [0.15, 0.2) is 0 Å². The highest BCUT2D eigenvalue weighted by molar-refractivity contribution is 4.77. The van der Waals surface area contributed by atoms with Gasteiger partial charge in [0.05, 0.1) is 0 Å². The van der Waals surface area contributed by atoms with Crippen molar-refractivity contribution in [2.75, 3.05) is 27.2 Å². The largest absolute Gasteiger partial charge is 0.315 e. The second kappa shape index (κ2) is 5.72. The SMILES string of the molecule is CC(C)CC(CNCC1CC1)N(C)C. The lowest BCUT2D eigenvalue weighted by atomic mass is 10.0. The minimum absolute atomic E-state index is 0.703. The van der Waals surface area contributed by atoms with Gasteiger partial charge >= 0.3 is 0 Å². The van der Waals surface area contributed by atoms with Crippen LogP contribution in [0.25, 0.3) is 0 Å². The summed E-state index contributed by atoms with van der Waals surface area (Å²) in [4.78, 5) is 2.35. The first-order valence-corrected chi connectivity index (χ1v) is 5.96. The lowest BCUT2D eigenvalue weighted by Crippen LogP contribution is -2.39. The van der Waals surface area contributed by atoms with Crippen molar-refractivity contribution in [1.29, 1.82) is 0 Å². The summed E-state index contributed by atoms with van der Waals surface area (Å²) in [7, 11) is 4.37. The van der Waals surface area contributed by atoms with Crippen LogP contribution in [0.4, 0.5) is 0 Å². The normalized spacial score (nSPS) is 19.3. The highest BCUT2D eigenvalue weighted by Gasteiger charge is 2.21. The topological polar surface area (TPSA) is 15.3 Å². The molecule has 14 heavy (non-hydrogen) atoms. The number of rotatable bonds is 7. The number of nitrogens with zero attached hydrogens (tertiary/aromatic N) is 1. The van der Waals surface area contributed by atoms with E-state index < -0.39 is 0 Å². The summed E-state index contributed by atoms with van der Waals surface area (Å²) in [6.07, 6.45) is 4.19. The first-order chi connectivity index (χ1) is 6.59. The predicted molar refractivity (Wildman–Crippen MR) is 62.5 cm³/mol. The molecule has 0 aliphatic heterocycles. The minimum atomic E-state index is 0.703. The van der Waals surface area contributed by atoms with E-state index >= 15 is 0 Å². The van der Waals surface area contributed by atoms with Gasteiger partial charge in [-0.25, -0.2) is 0 Å². The van der Waals surface area contributed by atoms with Gasteiger partial charge in [0.2, 0.25) is 0 Å². The quantitative estimate of drug-likeness (QED) is 0.673. The minimum Gasteiger partial charge on any atom is -0.315 e. The smallest absolute Gasteiger partial charge is 0.0216 e. The Kier molecular flexibility index (Phi) is 4.90. The summed E-state index contributed by atoms with van der Waals surface area (Å²) >= 11 is 0. The Labute approximate surface area is 89.1 Å². The van der Waals surface area contributed by atoms with E-state index in [4.69, 9.17) is 0 Å². The van der Waals surface area contributed by atoms with E-state index in [0.717, 1.165) is 18.4 Å². The van der Waals surface area contributed by atoms with Crippen LogP contribution in [0.2, 0.25) is 0 Å². The maximum absolute atomic E-state index is 3.59. The summed E-state index contributed by atoms with van der Waals surface area (Å²) in [5, 5.41) is 3.59. The second-order valence-electron chi connectivity index (χ2n) is 5.35. The predicted octanol–water partition coefficient (Wildman–Crippen LogP) is 1.96. The van der Waals surface area contributed by atoms with Crippen molar-refractivity contribution >= 4 is 0 Å². The molecule has 1 atom stereocenters. The third-order valence-electron chi connectivity index (χ3n) is 2.98. The number of hydrogen-bond donors (Lipinski definition) is 1. The van der Waals surface area contributed by atoms with Gasteiger partial charge in [-0.2, -0.15) is 0 Å². The van der Waals surface area contributed by atoms with E-state index in [1.807, 2.05) is 0 Å². The Morgan fingerprint density at radius 2 is 1.93 bits per heavy atom. The number of hydrogen-bond acceptors (Lipinski definition) is 2. The maximum atomic E-state index is 3.59. The molecule has 2 heteroatoms. The standard InChI is InChI=1S/C12H26N2/c1-10(2)7-12(14(3)4)9-13-8-11-5-6-11/h10-13H,5-9H2,1-4H3. The molecule has 0 bridgehead atoms. The summed E-state index contributed by atoms with van der Waals surface area (Å²) in [5.74, 6) is 1.79. The van der Waals surface area contributed by atoms with E-state index in [0.29, 0.717) is 6.04 Å². The molecule has 0 saturated heterocycles. The fourth-order valence-electron chi connectivity index (χ4n) is 1.80. The van der Waals surface area contributed by atoms with Gasteiger partial charge in [-0.05, 0) is 51.7 Å². The van der Waals surface area contributed by atoms with E-state index in [1.54, 1.807) is 0 Å². The summed E-state index contributed by atoms with van der Waals surface area (Å²) in [6.45, 7) is 7.00. The van der Waals surface area contributed by atoms with Crippen LogP contribution in [0.1, 0.15) is 33.1 Å². The second-order valence-corrected chi connectivity index (χ2v) is 5.35. The number of likely N-dealkylation sites (N-methyl/N-ethyl adjacent to an activating group) is 1. The molecule has 1 saturated carbocycles. The first kappa shape index (κ1) is 12.0. The molecule has 0 radical (unpaired) electrons. The molecule has 0 heterocycles. The Bertz CT molecular complexity index is 150. The molecule has 1 fully saturated rings. The molecule has 84 valence electrons. The zero-order valence-electron chi connectivity index (χ0n) is 10.2. The van der Waals surface area contributed by atoms with E-state index in [9.17, 15) is 0 Å². The Balaban J connectivity index is 2.12. The molecule has 0 aromatic rings. The van der Waals surface area contributed by atoms with E-state index in [-0.39, 0.29) is 0 Å². The molecule has 1 N–H and O–H groups in total. The average molecular weight is 198 g/mol. The Morgan fingerprint density at radius 1 is 1.29 bits per heavy atom. The molecular weight excluding hydrogens is 172 g/mol. The van der Waals surface area contributed by atoms with Gasteiger partial charge in [-0.1, -0.05) is 13.8 Å². The van der Waals surface area contributed by atoms with Gasteiger partial charge in [0.1, 0.15) is 0 Å². The van der Waals surface area contributed by atoms with Crippen molar-refractivity contribution in [3.8, 4) is 0 Å². The molecule has 0 amide bonds. The summed E-state index contributed by atoms with van der Waals surface area (Å²) in [6, 6.07) is 0.703. The molecular formula is C12H26N2. The fraction of sp³-hybridized carbons (Fsp3) is 1.00. The summed E-state index contributed by atoms with van der Waals surface area (Å²) < 4.78 is 0. The van der Waals surface area contributed by atoms with Crippen LogP contribution in [0.15, 0.2) is 0 Å². The van der Waals surface area contributed by atoms with Crippen LogP contribution in [0.5, 0.6) is 0 Å². The van der Waals surface area contributed by atoms with Crippen LogP contribution >= 0.6 is 0 Å². The highest BCUT2D eigenvalue weighted by atomic mass is 15.1. The number of nitrogens with one attached hydrogen (secondary N) is 1. The first-order valence-electron chi connectivity index (χ1n) is 5.96. The molecule has 1 aliphatic carbocycles. The molecule has 0 spiro atoms. The highest BCUT2D eigenvalue weighted by Crippen LogP contribution is 2.27. The van der Waals surface area contributed by atoms with Gasteiger partial charge in [0, 0.05) is 12.6 Å². The molecule has 0 aromatic heterocycles. The molecule has 0 aromatic carbocycles. The average Bonchev–Trinajstić information content (AvgIpc) is 2.85. The fourth-order valence-corrected chi connectivity index (χ4v) is 1.80. The van der Waals surface area contributed by atoms with Crippen LogP contribution in [0, 0.1) is 11.8 Å². The van der Waals surface area contributed by atoms with Crippen molar-refractivity contribution < 1.29 is 0 Å². The molecule has 1 rings (SSSR count). The van der Waals surface area contributed by atoms with Crippen LogP contribution in [-0.2, 0) is 0 Å². The van der Waals surface area contributed by atoms with Crippen molar-refractivity contribution in [3.63, 3.8) is 0 Å². The van der Waals surface area contributed by atoms with E-state index in [1.165, 1.54) is 25.8 Å². The van der Waals surface area contributed by atoms with E-state index in [2.05, 4.69) is 38.2 Å². The van der Waals surface area contributed by atoms with Crippen LogP contribution in [-0.4, -0.2) is 38.1 Å². The third kappa shape index (κ3) is 4.97. The van der Waals surface area contributed by atoms with Gasteiger partial charge in [0.25, 0.3) is 0 Å². The van der Waals surface area contributed by atoms with Gasteiger partial charge < -0.3 is 10.2 Å². The Hall–Kier alpha value is -0.0800. The third-order valence-corrected chi connectivity index (χ3v) is 2.98. The zero-order chi connectivity index (χ0) is 10.6. The van der Waals surface area contributed by atoms with Crippen LogP contribution in [0.3, 0.4) is 0 Å². The van der Waals surface area contributed by atoms with Gasteiger partial charge in [-0.15, -0.1) is 0 Å². The Morgan fingerprint density at radius 3 is 2.36 bits per heavy atom. The summed E-state index contributed by atoms with van der Waals surface area (Å²) in [5.41, 5.74) is 0. The van der Waals surface area contributed by atoms with Crippen molar-refractivity contribution in [3.05, 3.63) is 0 Å². The van der Waals surface area contributed by atoms with Crippen molar-refractivity contribution in [1.82, 2.24) is 10.2 Å². The van der Waals surface area contributed by atoms with Crippen molar-refractivity contribution in [2.45, 2.75) is 39.2 Å². The molecule has 1 aliphatic rings. The maximum Gasteiger partial charge on any atom is 0.0216 e. The monoisotopic (exact) mass is 198 g/mol.